The Hall–Kier alpha value is -4.04. The molecule has 0 saturated carbocycles. The molecule has 0 aliphatic carbocycles. The van der Waals surface area contributed by atoms with Gasteiger partial charge < -0.3 is 14.3 Å². The molecule has 0 atom stereocenters. The molecule has 0 spiro atoms. The van der Waals surface area contributed by atoms with Crippen LogP contribution in [0.2, 0.25) is 0 Å². The van der Waals surface area contributed by atoms with Gasteiger partial charge in [-0.3, -0.25) is 4.79 Å². The number of nitrogens with zero attached hydrogens (tertiary/aromatic N) is 2. The number of fused-ring (bicyclic) bond motifs is 1. The minimum atomic E-state index is -0.426. The number of rotatable bonds is 5. The maximum atomic E-state index is 12.4. The van der Waals surface area contributed by atoms with Crippen molar-refractivity contribution in [3.8, 4) is 11.8 Å². The van der Waals surface area contributed by atoms with Crippen LogP contribution in [0.1, 0.15) is 22.7 Å². The number of aromatic nitrogens is 1. The van der Waals surface area contributed by atoms with Crippen molar-refractivity contribution >= 4 is 22.8 Å². The van der Waals surface area contributed by atoms with Gasteiger partial charge in [-0.15, -0.1) is 0 Å². The Morgan fingerprint density at radius 3 is 2.63 bits per heavy atom. The van der Waals surface area contributed by atoms with Crippen LogP contribution in [-0.2, 0) is 11.3 Å². The minimum absolute atomic E-state index is 0.0558. The normalized spacial score (nSPS) is 11.4. The number of amides is 1. The lowest BCUT2D eigenvalue weighted by Crippen LogP contribution is -2.23. The SMILES string of the molecule is Cc1cc(/C=C(\C#N)C(=O)NCc2ccco2)c(C)n1-c1ccc2ccccc2c1. The van der Waals surface area contributed by atoms with Crippen molar-refractivity contribution in [3.63, 3.8) is 0 Å². The maximum Gasteiger partial charge on any atom is 0.262 e. The molecule has 30 heavy (non-hydrogen) atoms. The van der Waals surface area contributed by atoms with Crippen LogP contribution in [0.3, 0.4) is 0 Å². The zero-order valence-electron chi connectivity index (χ0n) is 16.8. The van der Waals surface area contributed by atoms with Gasteiger partial charge in [-0.2, -0.15) is 5.26 Å². The Morgan fingerprint density at radius 2 is 1.90 bits per heavy atom. The molecule has 2 heterocycles. The molecular weight excluding hydrogens is 374 g/mol. The molecule has 0 unspecified atom stereocenters. The zero-order chi connectivity index (χ0) is 21.1. The van der Waals surface area contributed by atoms with Crippen molar-refractivity contribution in [2.45, 2.75) is 20.4 Å². The summed E-state index contributed by atoms with van der Waals surface area (Å²) < 4.78 is 7.35. The van der Waals surface area contributed by atoms with Gasteiger partial charge in [0.25, 0.3) is 5.91 Å². The first-order valence-corrected chi connectivity index (χ1v) is 9.67. The Balaban J connectivity index is 1.64. The fourth-order valence-electron chi connectivity index (χ4n) is 3.63. The monoisotopic (exact) mass is 395 g/mol. The Kier molecular flexibility index (Phi) is 5.23. The Labute approximate surface area is 174 Å². The highest BCUT2D eigenvalue weighted by Crippen LogP contribution is 2.25. The van der Waals surface area contributed by atoms with Gasteiger partial charge in [0.1, 0.15) is 17.4 Å². The van der Waals surface area contributed by atoms with Crippen LogP contribution in [0.5, 0.6) is 0 Å². The summed E-state index contributed by atoms with van der Waals surface area (Å²) in [6, 6.07) is 22.1. The van der Waals surface area contributed by atoms with E-state index < -0.39 is 5.91 Å². The summed E-state index contributed by atoms with van der Waals surface area (Å²) in [5, 5.41) is 14.6. The van der Waals surface area contributed by atoms with Crippen LogP contribution in [0.15, 0.2) is 76.9 Å². The third kappa shape index (κ3) is 3.76. The van der Waals surface area contributed by atoms with E-state index in [-0.39, 0.29) is 12.1 Å². The summed E-state index contributed by atoms with van der Waals surface area (Å²) in [4.78, 5) is 12.4. The summed E-state index contributed by atoms with van der Waals surface area (Å²) in [5.74, 6) is 0.208. The highest BCUT2D eigenvalue weighted by atomic mass is 16.3. The van der Waals surface area contributed by atoms with Gasteiger partial charge in [0.15, 0.2) is 0 Å². The standard InChI is InChI=1S/C25H21N3O2/c1-17-12-21(13-22(15-26)25(29)27-16-24-8-5-11-30-24)18(2)28(17)23-10-9-19-6-3-4-7-20(19)14-23/h3-14H,16H2,1-2H3,(H,27,29)/b22-13+. The molecule has 4 aromatic rings. The van der Waals surface area contributed by atoms with E-state index in [2.05, 4.69) is 40.2 Å². The minimum Gasteiger partial charge on any atom is -0.467 e. The number of nitrogens with one attached hydrogen (secondary N) is 1. The van der Waals surface area contributed by atoms with Gasteiger partial charge in [-0.25, -0.2) is 0 Å². The predicted octanol–water partition coefficient (Wildman–Crippen LogP) is 5.06. The van der Waals surface area contributed by atoms with Gasteiger partial charge in [0.2, 0.25) is 0 Å². The van der Waals surface area contributed by atoms with E-state index in [0.29, 0.717) is 5.76 Å². The molecule has 2 aromatic carbocycles. The molecule has 5 nitrogen and oxygen atoms in total. The van der Waals surface area contributed by atoms with Crippen molar-refractivity contribution in [2.24, 2.45) is 0 Å². The van der Waals surface area contributed by atoms with E-state index in [0.717, 1.165) is 28.0 Å². The number of nitriles is 1. The van der Waals surface area contributed by atoms with Crippen LogP contribution in [-0.4, -0.2) is 10.5 Å². The molecule has 148 valence electrons. The number of hydrogen-bond acceptors (Lipinski definition) is 3. The van der Waals surface area contributed by atoms with Gasteiger partial charge in [-0.05, 0) is 66.6 Å². The van der Waals surface area contributed by atoms with Crippen molar-refractivity contribution in [1.29, 1.82) is 5.26 Å². The second-order valence-corrected chi connectivity index (χ2v) is 7.13. The molecule has 0 radical (unpaired) electrons. The number of aryl methyl sites for hydroxylation is 1. The average molecular weight is 395 g/mol. The van der Waals surface area contributed by atoms with Gasteiger partial charge in [-0.1, -0.05) is 30.3 Å². The second kappa shape index (κ2) is 8.14. The summed E-state index contributed by atoms with van der Waals surface area (Å²) >= 11 is 0. The van der Waals surface area contributed by atoms with Crippen LogP contribution < -0.4 is 5.32 Å². The zero-order valence-corrected chi connectivity index (χ0v) is 16.8. The molecule has 1 amide bonds. The molecule has 0 saturated heterocycles. The van der Waals surface area contributed by atoms with Gasteiger partial charge in [0, 0.05) is 17.1 Å². The number of hydrogen-bond donors (Lipinski definition) is 1. The van der Waals surface area contributed by atoms with Crippen molar-refractivity contribution in [2.75, 3.05) is 0 Å². The van der Waals surface area contributed by atoms with Crippen molar-refractivity contribution in [1.82, 2.24) is 9.88 Å². The van der Waals surface area contributed by atoms with Crippen LogP contribution in [0.4, 0.5) is 0 Å². The van der Waals surface area contributed by atoms with Crippen LogP contribution in [0.25, 0.3) is 22.5 Å². The molecular formula is C25H21N3O2. The summed E-state index contributed by atoms with van der Waals surface area (Å²) in [6.45, 7) is 4.24. The molecule has 0 fully saturated rings. The number of carbonyl (C=O) groups excluding carboxylic acids is 1. The third-order valence-electron chi connectivity index (χ3n) is 5.13. The fraction of sp³-hybridized carbons (Fsp3) is 0.120. The highest BCUT2D eigenvalue weighted by Gasteiger charge is 2.14. The molecule has 0 aliphatic rings. The van der Waals surface area contributed by atoms with Crippen LogP contribution in [0, 0.1) is 25.2 Å². The maximum absolute atomic E-state index is 12.4. The number of carbonyl (C=O) groups is 1. The first kappa shape index (κ1) is 19.3. The number of benzene rings is 2. The molecule has 2 aromatic heterocycles. The fourth-order valence-corrected chi connectivity index (χ4v) is 3.63. The first-order valence-electron chi connectivity index (χ1n) is 9.67. The van der Waals surface area contributed by atoms with Crippen molar-refractivity contribution < 1.29 is 9.21 Å². The first-order chi connectivity index (χ1) is 14.6. The predicted molar refractivity (Wildman–Crippen MR) is 117 cm³/mol. The van der Waals surface area contributed by atoms with Crippen LogP contribution >= 0.6 is 0 Å². The van der Waals surface area contributed by atoms with E-state index in [4.69, 9.17) is 4.42 Å². The van der Waals surface area contributed by atoms with Gasteiger partial charge >= 0.3 is 0 Å². The lowest BCUT2D eigenvalue weighted by Gasteiger charge is -2.11. The summed E-state index contributed by atoms with van der Waals surface area (Å²) in [7, 11) is 0. The topological polar surface area (TPSA) is 71.0 Å². The Morgan fingerprint density at radius 1 is 1.10 bits per heavy atom. The van der Waals surface area contributed by atoms with E-state index in [1.54, 1.807) is 24.5 Å². The molecule has 4 rings (SSSR count). The lowest BCUT2D eigenvalue weighted by molar-refractivity contribution is -0.117. The van der Waals surface area contributed by atoms with Gasteiger partial charge in [0.05, 0.1) is 12.8 Å². The molecule has 0 bridgehead atoms. The smallest absolute Gasteiger partial charge is 0.262 e. The average Bonchev–Trinajstić information content (AvgIpc) is 3.37. The van der Waals surface area contributed by atoms with E-state index in [1.165, 1.54) is 5.39 Å². The largest absolute Gasteiger partial charge is 0.467 e. The Bertz CT molecular complexity index is 1290. The molecule has 1 N–H and O–H groups in total. The van der Waals surface area contributed by atoms with E-state index >= 15 is 0 Å². The molecule has 5 heteroatoms. The quantitative estimate of drug-likeness (QED) is 0.379. The van der Waals surface area contributed by atoms with E-state index in [9.17, 15) is 10.1 Å². The van der Waals surface area contributed by atoms with E-state index in [1.807, 2.05) is 38.1 Å². The lowest BCUT2D eigenvalue weighted by atomic mass is 10.1. The molecule has 0 aliphatic heterocycles. The summed E-state index contributed by atoms with van der Waals surface area (Å²) in [5.41, 5.74) is 3.94. The second-order valence-electron chi connectivity index (χ2n) is 7.13. The number of furan rings is 1. The van der Waals surface area contributed by atoms with Crippen molar-refractivity contribution in [3.05, 3.63) is 95.2 Å². The highest BCUT2D eigenvalue weighted by molar-refractivity contribution is 6.01. The third-order valence-corrected chi connectivity index (χ3v) is 5.13. The summed E-state index contributed by atoms with van der Waals surface area (Å²) in [6.07, 6.45) is 3.18.